The number of benzene rings is 1. The maximum absolute atomic E-state index is 11.1. The molecule has 0 heterocycles. The molecule has 0 atom stereocenters. The van der Waals surface area contributed by atoms with Crippen LogP contribution < -0.4 is 5.32 Å². The zero-order valence-corrected chi connectivity index (χ0v) is 11.2. The summed E-state index contributed by atoms with van der Waals surface area (Å²) in [6.45, 7) is 3.95. The summed E-state index contributed by atoms with van der Waals surface area (Å²) in [7, 11) is 0. The van der Waals surface area contributed by atoms with Crippen LogP contribution in [0.2, 0.25) is 0 Å². The van der Waals surface area contributed by atoms with Gasteiger partial charge in [0.2, 0.25) is 0 Å². The number of hydrogen-bond acceptors (Lipinski definition) is 4. The number of hydrogen-bond donors (Lipinski definition) is 1. The van der Waals surface area contributed by atoms with Crippen LogP contribution in [0.15, 0.2) is 18.2 Å². The fourth-order valence-corrected chi connectivity index (χ4v) is 1.93. The maximum Gasteiger partial charge on any atom is 0.292 e. The lowest BCUT2D eigenvalue weighted by Gasteiger charge is -2.12. The number of ether oxygens (including phenoxy) is 1. The molecule has 0 saturated heterocycles. The summed E-state index contributed by atoms with van der Waals surface area (Å²) in [4.78, 5) is 10.7. The molecule has 1 saturated carbocycles. The number of nitrogens with zero attached hydrogens (tertiary/aromatic N) is 1. The SMILES string of the molecule is CCCNc1c(COCC2CC2)cccc1[N+](=O)[O-]. The number of para-hydroxylation sites is 1. The van der Waals surface area contributed by atoms with Crippen molar-refractivity contribution < 1.29 is 9.66 Å². The van der Waals surface area contributed by atoms with Crippen molar-refractivity contribution in [3.63, 3.8) is 0 Å². The number of nitro benzene ring substituents is 1. The van der Waals surface area contributed by atoms with Crippen molar-refractivity contribution in [2.45, 2.75) is 32.8 Å². The predicted octanol–water partition coefficient (Wildman–Crippen LogP) is 3.34. The van der Waals surface area contributed by atoms with E-state index >= 15 is 0 Å². The molecule has 1 aromatic rings. The van der Waals surface area contributed by atoms with Crippen molar-refractivity contribution in [2.75, 3.05) is 18.5 Å². The van der Waals surface area contributed by atoms with Crippen molar-refractivity contribution in [1.29, 1.82) is 0 Å². The third kappa shape index (κ3) is 3.92. The third-order valence-electron chi connectivity index (χ3n) is 3.19. The molecule has 19 heavy (non-hydrogen) atoms. The molecule has 1 aliphatic carbocycles. The number of anilines is 1. The Kier molecular flexibility index (Phi) is 4.74. The van der Waals surface area contributed by atoms with Crippen LogP contribution in [0.3, 0.4) is 0 Å². The van der Waals surface area contributed by atoms with Crippen LogP contribution in [0.25, 0.3) is 0 Å². The lowest BCUT2D eigenvalue weighted by molar-refractivity contribution is -0.384. The van der Waals surface area contributed by atoms with Gasteiger partial charge in [0, 0.05) is 24.8 Å². The molecule has 0 aromatic heterocycles. The molecule has 5 nitrogen and oxygen atoms in total. The topological polar surface area (TPSA) is 64.4 Å². The highest BCUT2D eigenvalue weighted by Gasteiger charge is 2.22. The van der Waals surface area contributed by atoms with Gasteiger partial charge in [0.05, 0.1) is 11.5 Å². The van der Waals surface area contributed by atoms with Gasteiger partial charge in [-0.3, -0.25) is 10.1 Å². The van der Waals surface area contributed by atoms with Gasteiger partial charge in [-0.25, -0.2) is 0 Å². The summed E-state index contributed by atoms with van der Waals surface area (Å²) < 4.78 is 5.64. The van der Waals surface area contributed by atoms with Crippen molar-refractivity contribution in [3.05, 3.63) is 33.9 Å². The summed E-state index contributed by atoms with van der Waals surface area (Å²) in [6, 6.07) is 5.13. The Morgan fingerprint density at radius 2 is 2.26 bits per heavy atom. The molecule has 0 amide bonds. The van der Waals surface area contributed by atoms with Gasteiger partial charge in [0.15, 0.2) is 0 Å². The normalized spacial score (nSPS) is 14.4. The van der Waals surface area contributed by atoms with E-state index in [2.05, 4.69) is 5.32 Å². The van der Waals surface area contributed by atoms with Gasteiger partial charge in [-0.1, -0.05) is 19.1 Å². The minimum absolute atomic E-state index is 0.126. The summed E-state index contributed by atoms with van der Waals surface area (Å²) in [5.74, 6) is 0.700. The van der Waals surface area contributed by atoms with Crippen LogP contribution >= 0.6 is 0 Å². The quantitative estimate of drug-likeness (QED) is 0.577. The molecule has 0 spiro atoms. The van der Waals surface area contributed by atoms with E-state index in [1.54, 1.807) is 6.07 Å². The second-order valence-corrected chi connectivity index (χ2v) is 4.95. The standard InChI is InChI=1S/C14H20N2O3/c1-2-8-15-14-12(10-19-9-11-6-7-11)4-3-5-13(14)16(17)18/h3-5,11,15H,2,6-10H2,1H3. The molecule has 0 aliphatic heterocycles. The smallest absolute Gasteiger partial charge is 0.292 e. The van der Waals surface area contributed by atoms with Crippen LogP contribution in [0.4, 0.5) is 11.4 Å². The summed E-state index contributed by atoms with van der Waals surface area (Å²) in [6.07, 6.45) is 3.42. The molecule has 0 unspecified atom stereocenters. The molecular formula is C14H20N2O3. The highest BCUT2D eigenvalue weighted by Crippen LogP contribution is 2.31. The minimum atomic E-state index is -0.345. The van der Waals surface area contributed by atoms with E-state index in [0.29, 0.717) is 18.2 Å². The van der Waals surface area contributed by atoms with Gasteiger partial charge in [-0.2, -0.15) is 0 Å². The molecule has 1 fully saturated rings. The largest absolute Gasteiger partial charge is 0.379 e. The number of rotatable bonds is 8. The second-order valence-electron chi connectivity index (χ2n) is 4.95. The molecule has 5 heteroatoms. The Morgan fingerprint density at radius 1 is 1.47 bits per heavy atom. The highest BCUT2D eigenvalue weighted by atomic mass is 16.6. The summed E-state index contributed by atoms with van der Waals surface area (Å²) in [5, 5.41) is 14.2. The van der Waals surface area contributed by atoms with Gasteiger partial charge in [0.25, 0.3) is 5.69 Å². The summed E-state index contributed by atoms with van der Waals surface area (Å²) >= 11 is 0. The first kappa shape index (κ1) is 13.8. The Morgan fingerprint density at radius 3 is 2.89 bits per heavy atom. The monoisotopic (exact) mass is 264 g/mol. The first-order valence-corrected chi connectivity index (χ1v) is 6.80. The number of nitrogens with one attached hydrogen (secondary N) is 1. The van der Waals surface area contributed by atoms with E-state index in [1.165, 1.54) is 18.9 Å². The van der Waals surface area contributed by atoms with E-state index in [-0.39, 0.29) is 10.6 Å². The van der Waals surface area contributed by atoms with Gasteiger partial charge in [-0.15, -0.1) is 0 Å². The Bertz CT molecular complexity index is 444. The number of nitro groups is 1. The predicted molar refractivity (Wildman–Crippen MR) is 74.3 cm³/mol. The van der Waals surface area contributed by atoms with E-state index in [1.807, 2.05) is 13.0 Å². The van der Waals surface area contributed by atoms with E-state index in [4.69, 9.17) is 4.74 Å². The molecular weight excluding hydrogens is 244 g/mol. The molecule has 1 N–H and O–H groups in total. The van der Waals surface area contributed by atoms with Gasteiger partial charge in [0.1, 0.15) is 5.69 Å². The molecule has 0 bridgehead atoms. The van der Waals surface area contributed by atoms with Crippen molar-refractivity contribution in [1.82, 2.24) is 0 Å². The van der Waals surface area contributed by atoms with Crippen molar-refractivity contribution in [3.8, 4) is 0 Å². The average Bonchev–Trinajstić information content (AvgIpc) is 3.20. The minimum Gasteiger partial charge on any atom is -0.379 e. The van der Waals surface area contributed by atoms with E-state index in [9.17, 15) is 10.1 Å². The van der Waals surface area contributed by atoms with Crippen molar-refractivity contribution in [2.24, 2.45) is 5.92 Å². The fraction of sp³-hybridized carbons (Fsp3) is 0.571. The van der Waals surface area contributed by atoms with Crippen molar-refractivity contribution >= 4 is 11.4 Å². The van der Waals surface area contributed by atoms with Gasteiger partial charge < -0.3 is 10.1 Å². The molecule has 1 aliphatic rings. The Hall–Kier alpha value is -1.62. The first-order chi connectivity index (χ1) is 9.22. The van der Waals surface area contributed by atoms with Crippen LogP contribution in [-0.4, -0.2) is 18.1 Å². The zero-order valence-electron chi connectivity index (χ0n) is 11.2. The van der Waals surface area contributed by atoms with E-state index < -0.39 is 0 Å². The second kappa shape index (κ2) is 6.52. The average molecular weight is 264 g/mol. The zero-order chi connectivity index (χ0) is 13.7. The Balaban J connectivity index is 2.08. The first-order valence-electron chi connectivity index (χ1n) is 6.80. The molecule has 0 radical (unpaired) electrons. The fourth-order valence-electron chi connectivity index (χ4n) is 1.93. The van der Waals surface area contributed by atoms with Crippen LogP contribution in [0, 0.1) is 16.0 Å². The lowest BCUT2D eigenvalue weighted by atomic mass is 10.1. The summed E-state index contributed by atoms with van der Waals surface area (Å²) in [5.41, 5.74) is 1.59. The van der Waals surface area contributed by atoms with Crippen LogP contribution in [0.1, 0.15) is 31.7 Å². The van der Waals surface area contributed by atoms with Crippen LogP contribution in [0.5, 0.6) is 0 Å². The highest BCUT2D eigenvalue weighted by molar-refractivity contribution is 5.66. The third-order valence-corrected chi connectivity index (χ3v) is 3.19. The van der Waals surface area contributed by atoms with Gasteiger partial charge in [-0.05, 0) is 25.2 Å². The van der Waals surface area contributed by atoms with Gasteiger partial charge >= 0.3 is 0 Å². The lowest BCUT2D eigenvalue weighted by Crippen LogP contribution is -2.08. The van der Waals surface area contributed by atoms with Crippen LogP contribution in [-0.2, 0) is 11.3 Å². The molecule has 2 rings (SSSR count). The Labute approximate surface area is 113 Å². The van der Waals surface area contributed by atoms with E-state index in [0.717, 1.165) is 25.1 Å². The molecule has 1 aromatic carbocycles. The molecule has 104 valence electrons. The maximum atomic E-state index is 11.1.